The second kappa shape index (κ2) is 4.52. The Balaban J connectivity index is 2.45. The van der Waals surface area contributed by atoms with Gasteiger partial charge in [0, 0.05) is 11.8 Å². The fraction of sp³-hybridized carbons (Fsp3) is 0.357. The lowest BCUT2D eigenvalue weighted by Gasteiger charge is -1.97. The molecule has 2 heteroatoms. The molecule has 0 atom stereocenters. The SMILES string of the molecule is CCCC(=O)c1coc2cc(CC)ccc12. The van der Waals surface area contributed by atoms with E-state index in [1.165, 1.54) is 5.56 Å². The second-order valence-electron chi connectivity index (χ2n) is 4.01. The zero-order valence-electron chi connectivity index (χ0n) is 9.75. The van der Waals surface area contributed by atoms with Crippen molar-refractivity contribution in [1.29, 1.82) is 0 Å². The normalized spacial score (nSPS) is 10.9. The van der Waals surface area contributed by atoms with Gasteiger partial charge in [-0.2, -0.15) is 0 Å². The number of aryl methyl sites for hydroxylation is 1. The average molecular weight is 216 g/mol. The van der Waals surface area contributed by atoms with E-state index in [1.807, 2.05) is 19.1 Å². The molecule has 84 valence electrons. The van der Waals surface area contributed by atoms with Gasteiger partial charge in [0.05, 0.1) is 5.56 Å². The molecule has 2 rings (SSSR count). The largest absolute Gasteiger partial charge is 0.464 e. The summed E-state index contributed by atoms with van der Waals surface area (Å²) < 4.78 is 5.44. The molecule has 16 heavy (non-hydrogen) atoms. The zero-order chi connectivity index (χ0) is 11.5. The molecule has 0 amide bonds. The van der Waals surface area contributed by atoms with Gasteiger partial charge in [0.15, 0.2) is 5.78 Å². The molecule has 0 bridgehead atoms. The molecule has 0 N–H and O–H groups in total. The molecule has 2 aromatic rings. The number of benzene rings is 1. The van der Waals surface area contributed by atoms with Crippen LogP contribution in [0.1, 0.15) is 42.6 Å². The van der Waals surface area contributed by atoms with Crippen molar-refractivity contribution >= 4 is 16.8 Å². The van der Waals surface area contributed by atoms with Crippen molar-refractivity contribution in [2.24, 2.45) is 0 Å². The van der Waals surface area contributed by atoms with E-state index in [1.54, 1.807) is 6.26 Å². The van der Waals surface area contributed by atoms with Crippen LogP contribution in [0.3, 0.4) is 0 Å². The maximum Gasteiger partial charge on any atom is 0.166 e. The van der Waals surface area contributed by atoms with Gasteiger partial charge in [-0.3, -0.25) is 4.79 Å². The summed E-state index contributed by atoms with van der Waals surface area (Å²) in [5.74, 6) is 0.172. The topological polar surface area (TPSA) is 30.2 Å². The molecule has 0 fully saturated rings. The summed E-state index contributed by atoms with van der Waals surface area (Å²) in [7, 11) is 0. The van der Waals surface area contributed by atoms with E-state index >= 15 is 0 Å². The molecule has 1 aromatic heterocycles. The Morgan fingerprint density at radius 3 is 2.81 bits per heavy atom. The predicted molar refractivity (Wildman–Crippen MR) is 64.8 cm³/mol. The van der Waals surface area contributed by atoms with Crippen LogP contribution in [0.25, 0.3) is 11.0 Å². The number of fused-ring (bicyclic) bond motifs is 1. The van der Waals surface area contributed by atoms with E-state index in [4.69, 9.17) is 4.42 Å². The third kappa shape index (κ3) is 1.87. The van der Waals surface area contributed by atoms with Gasteiger partial charge in [0.1, 0.15) is 11.8 Å². The number of furan rings is 1. The summed E-state index contributed by atoms with van der Waals surface area (Å²) in [5, 5.41) is 0.940. The van der Waals surface area contributed by atoms with E-state index in [-0.39, 0.29) is 5.78 Å². The molecule has 0 aliphatic carbocycles. The summed E-state index contributed by atoms with van der Waals surface area (Å²) >= 11 is 0. The van der Waals surface area contributed by atoms with Gasteiger partial charge in [0.2, 0.25) is 0 Å². The highest BCUT2D eigenvalue weighted by molar-refractivity contribution is 6.07. The van der Waals surface area contributed by atoms with Gasteiger partial charge < -0.3 is 4.42 Å². The maximum atomic E-state index is 11.8. The number of Topliss-reactive ketones (excluding diaryl/α,β-unsaturated/α-hetero) is 1. The lowest BCUT2D eigenvalue weighted by molar-refractivity contribution is 0.0982. The number of carbonyl (C=O) groups is 1. The molecule has 1 heterocycles. The molecule has 0 radical (unpaired) electrons. The molecule has 2 nitrogen and oxygen atoms in total. The first-order valence-corrected chi connectivity index (χ1v) is 5.79. The van der Waals surface area contributed by atoms with Gasteiger partial charge >= 0.3 is 0 Å². The van der Waals surface area contributed by atoms with Crippen LogP contribution in [0.5, 0.6) is 0 Å². The van der Waals surface area contributed by atoms with Crippen molar-refractivity contribution in [1.82, 2.24) is 0 Å². The molecule has 1 aromatic carbocycles. The monoisotopic (exact) mass is 216 g/mol. The number of hydrogen-bond donors (Lipinski definition) is 0. The van der Waals surface area contributed by atoms with Gasteiger partial charge in [-0.1, -0.05) is 26.0 Å². The zero-order valence-corrected chi connectivity index (χ0v) is 9.75. The Morgan fingerprint density at radius 2 is 2.12 bits per heavy atom. The number of carbonyl (C=O) groups excluding carboxylic acids is 1. The highest BCUT2D eigenvalue weighted by atomic mass is 16.3. The fourth-order valence-corrected chi connectivity index (χ4v) is 1.87. The predicted octanol–water partition coefficient (Wildman–Crippen LogP) is 3.98. The minimum Gasteiger partial charge on any atom is -0.464 e. The van der Waals surface area contributed by atoms with Crippen molar-refractivity contribution < 1.29 is 9.21 Å². The van der Waals surface area contributed by atoms with Crippen LogP contribution in [-0.4, -0.2) is 5.78 Å². The second-order valence-corrected chi connectivity index (χ2v) is 4.01. The van der Waals surface area contributed by atoms with E-state index in [9.17, 15) is 4.79 Å². The van der Waals surface area contributed by atoms with E-state index in [2.05, 4.69) is 13.0 Å². The van der Waals surface area contributed by atoms with E-state index in [0.717, 1.165) is 29.4 Å². The Kier molecular flexibility index (Phi) is 3.09. The Labute approximate surface area is 95.3 Å². The molecule has 0 aliphatic rings. The minimum absolute atomic E-state index is 0.172. The quantitative estimate of drug-likeness (QED) is 0.723. The van der Waals surface area contributed by atoms with Crippen LogP contribution in [0.4, 0.5) is 0 Å². The van der Waals surface area contributed by atoms with Gasteiger partial charge in [-0.05, 0) is 24.5 Å². The fourth-order valence-electron chi connectivity index (χ4n) is 1.87. The lowest BCUT2D eigenvalue weighted by Crippen LogP contribution is -1.96. The molecular weight excluding hydrogens is 200 g/mol. The first-order valence-electron chi connectivity index (χ1n) is 5.79. The van der Waals surface area contributed by atoms with Crippen LogP contribution in [0.15, 0.2) is 28.9 Å². The third-order valence-electron chi connectivity index (χ3n) is 2.83. The van der Waals surface area contributed by atoms with Gasteiger partial charge in [0.25, 0.3) is 0 Å². The molecule has 0 unspecified atom stereocenters. The Hall–Kier alpha value is -1.57. The van der Waals surface area contributed by atoms with Crippen LogP contribution in [-0.2, 0) is 6.42 Å². The van der Waals surface area contributed by atoms with Crippen LogP contribution in [0, 0.1) is 0 Å². The molecule has 0 saturated carbocycles. The molecular formula is C14H16O2. The highest BCUT2D eigenvalue weighted by Gasteiger charge is 2.12. The molecule has 0 spiro atoms. The Morgan fingerprint density at radius 1 is 1.31 bits per heavy atom. The minimum atomic E-state index is 0.172. The van der Waals surface area contributed by atoms with Crippen molar-refractivity contribution in [3.8, 4) is 0 Å². The summed E-state index contributed by atoms with van der Waals surface area (Å²) in [5.41, 5.74) is 2.77. The maximum absolute atomic E-state index is 11.8. The van der Waals surface area contributed by atoms with Gasteiger partial charge in [-0.15, -0.1) is 0 Å². The van der Waals surface area contributed by atoms with E-state index < -0.39 is 0 Å². The standard InChI is InChI=1S/C14H16O2/c1-3-5-13(15)12-9-16-14-8-10(4-2)6-7-11(12)14/h6-9H,3-5H2,1-2H3. The summed E-state index contributed by atoms with van der Waals surface area (Å²) in [6.45, 7) is 4.11. The van der Waals surface area contributed by atoms with Crippen LogP contribution >= 0.6 is 0 Å². The van der Waals surface area contributed by atoms with Crippen LogP contribution in [0.2, 0.25) is 0 Å². The molecule has 0 aliphatic heterocycles. The lowest BCUT2D eigenvalue weighted by atomic mass is 10.0. The van der Waals surface area contributed by atoms with Crippen molar-refractivity contribution in [2.75, 3.05) is 0 Å². The summed E-state index contributed by atoms with van der Waals surface area (Å²) in [6.07, 6.45) is 4.03. The molecule has 0 saturated heterocycles. The van der Waals surface area contributed by atoms with Gasteiger partial charge in [-0.25, -0.2) is 0 Å². The first-order chi connectivity index (χ1) is 7.76. The number of hydrogen-bond acceptors (Lipinski definition) is 2. The average Bonchev–Trinajstić information content (AvgIpc) is 2.71. The summed E-state index contributed by atoms with van der Waals surface area (Å²) in [6, 6.07) is 6.05. The summed E-state index contributed by atoms with van der Waals surface area (Å²) in [4.78, 5) is 11.8. The van der Waals surface area contributed by atoms with Crippen LogP contribution < -0.4 is 0 Å². The van der Waals surface area contributed by atoms with E-state index in [0.29, 0.717) is 6.42 Å². The smallest absolute Gasteiger partial charge is 0.166 e. The highest BCUT2D eigenvalue weighted by Crippen LogP contribution is 2.24. The number of rotatable bonds is 4. The third-order valence-corrected chi connectivity index (χ3v) is 2.83. The Bertz CT molecular complexity index is 508. The van der Waals surface area contributed by atoms with Crippen molar-refractivity contribution in [3.05, 3.63) is 35.6 Å². The number of ketones is 1. The van der Waals surface area contributed by atoms with Crippen molar-refractivity contribution in [2.45, 2.75) is 33.1 Å². The first kappa shape index (κ1) is 10.9. The van der Waals surface area contributed by atoms with Crippen molar-refractivity contribution in [3.63, 3.8) is 0 Å².